The van der Waals surface area contributed by atoms with Crippen molar-refractivity contribution < 1.29 is 32.3 Å². The second kappa shape index (κ2) is 9.30. The fourth-order valence-corrected chi connectivity index (χ4v) is 3.20. The lowest BCUT2D eigenvalue weighted by molar-refractivity contribution is -0.123. The van der Waals surface area contributed by atoms with Crippen LogP contribution in [0.3, 0.4) is 0 Å². The highest BCUT2D eigenvalue weighted by atomic mass is 32.2. The van der Waals surface area contributed by atoms with Gasteiger partial charge in [0, 0.05) is 4.88 Å². The van der Waals surface area contributed by atoms with Crippen LogP contribution in [0.5, 0.6) is 5.75 Å². The second-order valence-corrected chi connectivity index (χ2v) is 7.89. The lowest BCUT2D eigenvalue weighted by Crippen LogP contribution is -2.41. The van der Waals surface area contributed by atoms with Gasteiger partial charge in [0.25, 0.3) is 5.91 Å². The predicted molar refractivity (Wildman–Crippen MR) is 99.3 cm³/mol. The van der Waals surface area contributed by atoms with Crippen LogP contribution in [0.1, 0.15) is 15.2 Å². The van der Waals surface area contributed by atoms with Crippen molar-refractivity contribution in [1.82, 2.24) is 10.6 Å². The molecule has 28 heavy (non-hydrogen) atoms. The van der Waals surface area contributed by atoms with Crippen LogP contribution in [0, 0.1) is 0 Å². The van der Waals surface area contributed by atoms with E-state index in [1.54, 1.807) is 0 Å². The van der Waals surface area contributed by atoms with Crippen LogP contribution in [0.15, 0.2) is 40.6 Å². The number of primary sulfonamides is 1. The van der Waals surface area contributed by atoms with Crippen LogP contribution in [-0.2, 0) is 26.1 Å². The number of methoxy groups -OCH3 is 1. The molecule has 0 bridgehead atoms. The van der Waals surface area contributed by atoms with Crippen molar-refractivity contribution in [3.05, 3.63) is 46.2 Å². The van der Waals surface area contributed by atoms with Crippen LogP contribution in [-0.4, -0.2) is 40.0 Å². The van der Waals surface area contributed by atoms with Crippen molar-refractivity contribution in [2.24, 2.45) is 5.14 Å². The van der Waals surface area contributed by atoms with E-state index in [0.29, 0.717) is 0 Å². The average Bonchev–Trinajstić information content (AvgIpc) is 3.16. The number of ether oxygens (including phenoxy) is 2. The van der Waals surface area contributed by atoms with E-state index in [4.69, 9.17) is 14.6 Å². The number of hydrogen-bond donors (Lipinski definition) is 3. The fraction of sp³-hybridized carbons (Fsp3) is 0.188. The number of nitrogens with one attached hydrogen (secondary N) is 2. The van der Waals surface area contributed by atoms with Crippen molar-refractivity contribution in [1.29, 1.82) is 0 Å². The normalized spacial score (nSPS) is 10.8. The fourth-order valence-electron chi connectivity index (χ4n) is 2.02. The number of esters is 1. The van der Waals surface area contributed by atoms with Crippen LogP contribution >= 0.6 is 11.3 Å². The third-order valence-electron chi connectivity index (χ3n) is 3.31. The number of hydrogen-bond acceptors (Lipinski definition) is 8. The zero-order valence-electron chi connectivity index (χ0n) is 14.6. The molecule has 10 nitrogen and oxygen atoms in total. The summed E-state index contributed by atoms with van der Waals surface area (Å²) in [5.41, 5.74) is -0.232. The van der Waals surface area contributed by atoms with E-state index >= 15 is 0 Å². The molecule has 2 aromatic rings. The number of sulfonamides is 1. The van der Waals surface area contributed by atoms with E-state index in [1.807, 2.05) is 22.8 Å². The molecule has 0 radical (unpaired) electrons. The van der Waals surface area contributed by atoms with Crippen molar-refractivity contribution >= 4 is 39.3 Å². The molecular weight excluding hydrogens is 410 g/mol. The van der Waals surface area contributed by atoms with E-state index in [-0.39, 0.29) is 22.8 Å². The van der Waals surface area contributed by atoms with E-state index in [9.17, 15) is 22.8 Å². The molecule has 0 fully saturated rings. The first-order chi connectivity index (χ1) is 13.2. The molecule has 0 atom stereocenters. The number of benzene rings is 1. The molecule has 2 rings (SSSR count). The van der Waals surface area contributed by atoms with Gasteiger partial charge in [-0.25, -0.2) is 23.1 Å². The van der Waals surface area contributed by atoms with Crippen molar-refractivity contribution in [3.8, 4) is 5.75 Å². The number of imide groups is 1. The van der Waals surface area contributed by atoms with Gasteiger partial charge in [-0.15, -0.1) is 11.3 Å². The van der Waals surface area contributed by atoms with Crippen molar-refractivity contribution in [3.63, 3.8) is 0 Å². The molecule has 0 saturated heterocycles. The highest BCUT2D eigenvalue weighted by Gasteiger charge is 2.20. The number of carbonyl (C=O) groups is 3. The SMILES string of the molecule is COc1ccc(S(N)(=O)=O)cc1C(=O)OCC(=O)NC(=O)NCc1cccs1. The van der Waals surface area contributed by atoms with Crippen LogP contribution in [0.4, 0.5) is 4.79 Å². The Morgan fingerprint density at radius 1 is 1.21 bits per heavy atom. The predicted octanol–water partition coefficient (Wildman–Crippen LogP) is 0.587. The molecule has 0 aliphatic carbocycles. The van der Waals surface area contributed by atoms with E-state index in [0.717, 1.165) is 17.0 Å². The minimum atomic E-state index is -4.05. The molecule has 0 unspecified atom stereocenters. The number of nitrogens with two attached hydrogens (primary N) is 1. The molecule has 12 heteroatoms. The molecule has 0 aliphatic heterocycles. The molecule has 0 spiro atoms. The summed E-state index contributed by atoms with van der Waals surface area (Å²) < 4.78 is 32.6. The lowest BCUT2D eigenvalue weighted by atomic mass is 10.2. The van der Waals surface area contributed by atoms with Crippen molar-refractivity contribution in [2.45, 2.75) is 11.4 Å². The highest BCUT2D eigenvalue weighted by molar-refractivity contribution is 7.89. The summed E-state index contributed by atoms with van der Waals surface area (Å²) in [5.74, 6) is -1.85. The molecule has 4 N–H and O–H groups in total. The first kappa shape index (κ1) is 21.3. The van der Waals surface area contributed by atoms with Gasteiger partial charge in [0.2, 0.25) is 10.0 Å². The largest absolute Gasteiger partial charge is 0.496 e. The molecule has 1 aromatic carbocycles. The van der Waals surface area contributed by atoms with Gasteiger partial charge in [-0.05, 0) is 29.6 Å². The zero-order chi connectivity index (χ0) is 20.7. The average molecular weight is 427 g/mol. The van der Waals surface area contributed by atoms with Crippen LogP contribution in [0.2, 0.25) is 0 Å². The second-order valence-electron chi connectivity index (χ2n) is 5.29. The molecule has 0 saturated carbocycles. The molecule has 150 valence electrons. The molecule has 1 heterocycles. The summed E-state index contributed by atoms with van der Waals surface area (Å²) in [5, 5.41) is 11.4. The zero-order valence-corrected chi connectivity index (χ0v) is 16.3. The van der Waals surface area contributed by atoms with Crippen molar-refractivity contribution in [2.75, 3.05) is 13.7 Å². The number of amides is 3. The topological polar surface area (TPSA) is 154 Å². The summed E-state index contributed by atoms with van der Waals surface area (Å²) >= 11 is 1.44. The maximum absolute atomic E-state index is 12.2. The van der Waals surface area contributed by atoms with Crippen LogP contribution < -0.4 is 20.5 Å². The number of carbonyl (C=O) groups excluding carboxylic acids is 3. The summed E-state index contributed by atoms with van der Waals surface area (Å²) in [7, 11) is -2.78. The minimum absolute atomic E-state index is 0.0338. The van der Waals surface area contributed by atoms with E-state index in [1.165, 1.54) is 24.5 Å². The lowest BCUT2D eigenvalue weighted by Gasteiger charge is -2.10. The Morgan fingerprint density at radius 3 is 2.57 bits per heavy atom. The summed E-state index contributed by atoms with van der Waals surface area (Å²) in [6.45, 7) is -0.512. The Morgan fingerprint density at radius 2 is 1.96 bits per heavy atom. The van der Waals surface area contributed by atoms with E-state index < -0.39 is 34.5 Å². The quantitative estimate of drug-likeness (QED) is 0.546. The number of thiophene rings is 1. The van der Waals surface area contributed by atoms with Gasteiger partial charge in [0.1, 0.15) is 11.3 Å². The standard InChI is InChI=1S/C16H17N3O7S2/c1-25-13-5-4-11(28(17,23)24)7-12(13)15(21)26-9-14(20)19-16(22)18-8-10-3-2-6-27-10/h2-7H,8-9H2,1H3,(H2,17,23,24)(H2,18,19,20,22). The maximum Gasteiger partial charge on any atom is 0.342 e. The Labute approximate surface area is 164 Å². The smallest absolute Gasteiger partial charge is 0.342 e. The van der Waals surface area contributed by atoms with Gasteiger partial charge >= 0.3 is 12.0 Å². The molecule has 0 aliphatic rings. The van der Waals surface area contributed by atoms with Gasteiger partial charge in [-0.2, -0.15) is 0 Å². The Hall–Kier alpha value is -2.96. The minimum Gasteiger partial charge on any atom is -0.496 e. The van der Waals surface area contributed by atoms with Gasteiger partial charge < -0.3 is 14.8 Å². The Balaban J connectivity index is 1.92. The summed E-state index contributed by atoms with van der Waals surface area (Å²) in [6, 6.07) is 6.26. The first-order valence-electron chi connectivity index (χ1n) is 7.68. The highest BCUT2D eigenvalue weighted by Crippen LogP contribution is 2.22. The van der Waals surface area contributed by atoms with Gasteiger partial charge in [0.15, 0.2) is 6.61 Å². The molecule has 3 amide bonds. The Kier molecular flexibility index (Phi) is 7.09. The maximum atomic E-state index is 12.2. The third-order valence-corrected chi connectivity index (χ3v) is 5.10. The monoisotopic (exact) mass is 427 g/mol. The first-order valence-corrected chi connectivity index (χ1v) is 10.1. The third kappa shape index (κ3) is 6.04. The summed E-state index contributed by atoms with van der Waals surface area (Å²) in [6.07, 6.45) is 0. The van der Waals surface area contributed by atoms with Crippen LogP contribution in [0.25, 0.3) is 0 Å². The van der Waals surface area contributed by atoms with Gasteiger partial charge in [-0.1, -0.05) is 6.07 Å². The van der Waals surface area contributed by atoms with E-state index in [2.05, 4.69) is 5.32 Å². The number of rotatable bonds is 7. The molecule has 1 aromatic heterocycles. The van der Waals surface area contributed by atoms with Gasteiger partial charge in [-0.3, -0.25) is 10.1 Å². The molecular formula is C16H17N3O7S2. The Bertz CT molecular complexity index is 972. The number of urea groups is 1. The van der Waals surface area contributed by atoms with Gasteiger partial charge in [0.05, 0.1) is 18.6 Å². The summed E-state index contributed by atoms with van der Waals surface area (Å²) in [4.78, 5) is 36.1.